The Morgan fingerprint density at radius 3 is 1.49 bits per heavy atom. The van der Waals surface area contributed by atoms with Crippen LogP contribution >= 0.6 is 0 Å². The Morgan fingerprint density at radius 1 is 0.353 bits per heavy atom. The Labute approximate surface area is 297 Å². The van der Waals surface area contributed by atoms with E-state index in [1.54, 1.807) is 0 Å². The highest BCUT2D eigenvalue weighted by Gasteiger charge is 2.40. The van der Waals surface area contributed by atoms with Gasteiger partial charge in [-0.15, -0.1) is 0 Å². The van der Waals surface area contributed by atoms with E-state index in [4.69, 9.17) is 9.97 Å². The number of nitrogens with zero attached hydrogens (tertiary/aromatic N) is 2. The lowest BCUT2D eigenvalue weighted by atomic mass is 9.80. The van der Waals surface area contributed by atoms with Gasteiger partial charge in [0.05, 0.1) is 11.4 Å². The van der Waals surface area contributed by atoms with E-state index in [9.17, 15) is 0 Å². The molecule has 0 saturated carbocycles. The highest BCUT2D eigenvalue weighted by atomic mass is 14.9. The van der Waals surface area contributed by atoms with Crippen LogP contribution in [-0.2, 0) is 5.41 Å². The van der Waals surface area contributed by atoms with Crippen LogP contribution in [0.25, 0.3) is 88.5 Å². The Morgan fingerprint density at radius 2 is 0.824 bits per heavy atom. The fourth-order valence-electron chi connectivity index (χ4n) is 8.35. The molecule has 1 heterocycles. The molecule has 51 heavy (non-hydrogen) atoms. The molecule has 240 valence electrons. The van der Waals surface area contributed by atoms with Crippen LogP contribution in [0.3, 0.4) is 0 Å². The molecule has 0 spiro atoms. The third-order valence-electron chi connectivity index (χ3n) is 10.8. The molecule has 1 aliphatic carbocycles. The van der Waals surface area contributed by atoms with E-state index in [1.807, 2.05) is 6.07 Å². The molecule has 0 saturated heterocycles. The second kappa shape index (κ2) is 11.3. The van der Waals surface area contributed by atoms with Crippen molar-refractivity contribution in [2.24, 2.45) is 0 Å². The molecular formula is C49H34N2. The highest BCUT2D eigenvalue weighted by Crippen LogP contribution is 2.51. The minimum Gasteiger partial charge on any atom is -0.228 e. The summed E-state index contributed by atoms with van der Waals surface area (Å²) in [5.41, 5.74) is 12.3. The van der Waals surface area contributed by atoms with Crippen molar-refractivity contribution in [2.45, 2.75) is 19.3 Å². The van der Waals surface area contributed by atoms with E-state index in [-0.39, 0.29) is 5.41 Å². The minimum atomic E-state index is -0.238. The van der Waals surface area contributed by atoms with Crippen molar-refractivity contribution < 1.29 is 0 Å². The van der Waals surface area contributed by atoms with Crippen molar-refractivity contribution >= 4 is 32.3 Å². The normalized spacial score (nSPS) is 13.1. The van der Waals surface area contributed by atoms with Gasteiger partial charge in [0.15, 0.2) is 5.82 Å². The zero-order valence-electron chi connectivity index (χ0n) is 28.6. The highest BCUT2D eigenvalue weighted by molar-refractivity contribution is 6.25. The van der Waals surface area contributed by atoms with Crippen LogP contribution in [0.1, 0.15) is 25.0 Å². The van der Waals surface area contributed by atoms with E-state index in [2.05, 4.69) is 178 Å². The summed E-state index contributed by atoms with van der Waals surface area (Å²) >= 11 is 0. The number of benzene rings is 8. The molecular weight excluding hydrogens is 617 g/mol. The number of fused-ring (bicyclic) bond motifs is 9. The number of hydrogen-bond acceptors (Lipinski definition) is 2. The fraction of sp³-hybridized carbons (Fsp3) is 0.0612. The molecule has 0 bridgehead atoms. The van der Waals surface area contributed by atoms with Gasteiger partial charge in [0, 0.05) is 27.7 Å². The molecule has 0 radical (unpaired) electrons. The number of rotatable bonds is 4. The zero-order chi connectivity index (χ0) is 34.1. The summed E-state index contributed by atoms with van der Waals surface area (Å²) in [6.45, 7) is 4.60. The van der Waals surface area contributed by atoms with E-state index in [0.717, 1.165) is 33.9 Å². The van der Waals surface area contributed by atoms with Crippen molar-refractivity contribution in [1.82, 2.24) is 9.97 Å². The molecule has 2 heteroatoms. The Hall–Kier alpha value is -6.38. The van der Waals surface area contributed by atoms with Gasteiger partial charge in [-0.2, -0.15) is 0 Å². The van der Waals surface area contributed by atoms with Gasteiger partial charge in [-0.25, -0.2) is 9.97 Å². The van der Waals surface area contributed by atoms with Gasteiger partial charge in [-0.05, 0) is 78.3 Å². The maximum atomic E-state index is 5.33. The monoisotopic (exact) mass is 650 g/mol. The SMILES string of the molecule is CC1(C)c2ccccc2-c2nc(-c3ccccc3)nc(-c3cccc(-c4cccc(-c5ccc6c7ccccc7c7ccccc7c6c5)c4)c3)c21. The van der Waals surface area contributed by atoms with Crippen LogP contribution in [0.15, 0.2) is 170 Å². The molecule has 0 aliphatic heterocycles. The molecule has 2 nitrogen and oxygen atoms in total. The van der Waals surface area contributed by atoms with Crippen LogP contribution in [0.5, 0.6) is 0 Å². The molecule has 1 aliphatic rings. The first kappa shape index (κ1) is 29.5. The topological polar surface area (TPSA) is 25.8 Å². The average Bonchev–Trinajstić information content (AvgIpc) is 3.44. The molecule has 8 aromatic carbocycles. The van der Waals surface area contributed by atoms with Gasteiger partial charge in [0.25, 0.3) is 0 Å². The Kier molecular flexibility index (Phi) is 6.56. The smallest absolute Gasteiger partial charge is 0.160 e. The summed E-state index contributed by atoms with van der Waals surface area (Å²) in [6.07, 6.45) is 0. The van der Waals surface area contributed by atoms with Crippen LogP contribution in [-0.4, -0.2) is 9.97 Å². The van der Waals surface area contributed by atoms with Gasteiger partial charge in [0.1, 0.15) is 0 Å². The summed E-state index contributed by atoms with van der Waals surface area (Å²) in [5.74, 6) is 0.751. The van der Waals surface area contributed by atoms with Gasteiger partial charge < -0.3 is 0 Å². The van der Waals surface area contributed by atoms with Gasteiger partial charge >= 0.3 is 0 Å². The maximum absolute atomic E-state index is 5.33. The first-order chi connectivity index (χ1) is 25.0. The molecule has 0 amide bonds. The Balaban J connectivity index is 1.11. The summed E-state index contributed by atoms with van der Waals surface area (Å²) in [5, 5.41) is 7.74. The molecule has 0 fully saturated rings. The zero-order valence-corrected chi connectivity index (χ0v) is 28.6. The van der Waals surface area contributed by atoms with Gasteiger partial charge in [-0.1, -0.05) is 166 Å². The predicted molar refractivity (Wildman–Crippen MR) is 214 cm³/mol. The van der Waals surface area contributed by atoms with Crippen molar-refractivity contribution in [3.8, 4) is 56.2 Å². The summed E-state index contributed by atoms with van der Waals surface area (Å²) in [7, 11) is 0. The van der Waals surface area contributed by atoms with E-state index in [0.29, 0.717) is 0 Å². The summed E-state index contributed by atoms with van der Waals surface area (Å²) < 4.78 is 0. The third kappa shape index (κ3) is 4.64. The molecule has 1 aromatic heterocycles. The van der Waals surface area contributed by atoms with Crippen LogP contribution in [0.2, 0.25) is 0 Å². The number of hydrogen-bond donors (Lipinski definition) is 0. The third-order valence-corrected chi connectivity index (χ3v) is 10.8. The van der Waals surface area contributed by atoms with Gasteiger partial charge in [0.2, 0.25) is 0 Å². The lowest BCUT2D eigenvalue weighted by molar-refractivity contribution is 0.658. The molecule has 10 rings (SSSR count). The van der Waals surface area contributed by atoms with Crippen LogP contribution in [0.4, 0.5) is 0 Å². The van der Waals surface area contributed by atoms with Gasteiger partial charge in [-0.3, -0.25) is 0 Å². The quantitative estimate of drug-likeness (QED) is 0.177. The minimum absolute atomic E-state index is 0.238. The molecule has 0 N–H and O–H groups in total. The van der Waals surface area contributed by atoms with E-state index in [1.165, 1.54) is 65.7 Å². The molecule has 0 atom stereocenters. The van der Waals surface area contributed by atoms with E-state index < -0.39 is 0 Å². The summed E-state index contributed by atoms with van der Waals surface area (Å²) in [4.78, 5) is 10.5. The second-order valence-electron chi connectivity index (χ2n) is 14.2. The molecule has 9 aromatic rings. The Bertz CT molecular complexity index is 2790. The standard InChI is InChI=1S/C49H34N2/c1-49(2)44-25-11-10-24-42(44)47-45(49)46(50-48(51-47)31-14-4-3-5-15-31)36-19-13-18-34(29-36)32-16-12-17-33(28-32)35-26-27-41-39-22-7-6-20-37(39)38-21-8-9-23-40(38)43(41)30-35/h3-30H,1-2H3. The number of aromatic nitrogens is 2. The predicted octanol–water partition coefficient (Wildman–Crippen LogP) is 12.9. The van der Waals surface area contributed by atoms with Crippen LogP contribution < -0.4 is 0 Å². The van der Waals surface area contributed by atoms with Crippen LogP contribution in [0, 0.1) is 0 Å². The maximum Gasteiger partial charge on any atom is 0.160 e. The molecule has 0 unspecified atom stereocenters. The average molecular weight is 651 g/mol. The first-order valence-electron chi connectivity index (χ1n) is 17.7. The lowest BCUT2D eigenvalue weighted by Crippen LogP contribution is -2.17. The largest absolute Gasteiger partial charge is 0.228 e. The van der Waals surface area contributed by atoms with Crippen molar-refractivity contribution in [1.29, 1.82) is 0 Å². The van der Waals surface area contributed by atoms with Crippen molar-refractivity contribution in [3.63, 3.8) is 0 Å². The second-order valence-corrected chi connectivity index (χ2v) is 14.2. The van der Waals surface area contributed by atoms with E-state index >= 15 is 0 Å². The van der Waals surface area contributed by atoms with Crippen molar-refractivity contribution in [2.75, 3.05) is 0 Å². The fourth-order valence-corrected chi connectivity index (χ4v) is 8.35. The van der Waals surface area contributed by atoms with Crippen molar-refractivity contribution in [3.05, 3.63) is 181 Å². The lowest BCUT2D eigenvalue weighted by Gasteiger charge is -2.24. The first-order valence-corrected chi connectivity index (χ1v) is 17.7. The summed E-state index contributed by atoms with van der Waals surface area (Å²) in [6, 6.07) is 61.3.